The van der Waals surface area contributed by atoms with Crippen molar-refractivity contribution in [2.75, 3.05) is 26.2 Å². The summed E-state index contributed by atoms with van der Waals surface area (Å²) in [5, 5.41) is 22.4. The first kappa shape index (κ1) is 23.9. The highest BCUT2D eigenvalue weighted by molar-refractivity contribution is 6.14. The van der Waals surface area contributed by atoms with Crippen molar-refractivity contribution in [3.8, 4) is 0 Å². The molecule has 33 heavy (non-hydrogen) atoms. The molecule has 1 amide bonds. The van der Waals surface area contributed by atoms with E-state index in [4.69, 9.17) is 0 Å². The maximum absolute atomic E-state index is 13.2. The van der Waals surface area contributed by atoms with E-state index in [0.29, 0.717) is 6.54 Å². The predicted octanol–water partition coefficient (Wildman–Crippen LogP) is 3.91. The quantitative estimate of drug-likeness (QED) is 0.335. The molecule has 0 saturated heterocycles. The van der Waals surface area contributed by atoms with Gasteiger partial charge in [0.15, 0.2) is 11.5 Å². The van der Waals surface area contributed by atoms with E-state index in [2.05, 4.69) is 4.90 Å². The Morgan fingerprint density at radius 3 is 2.39 bits per heavy atom. The van der Waals surface area contributed by atoms with Crippen molar-refractivity contribution in [3.63, 3.8) is 0 Å². The third-order valence-corrected chi connectivity index (χ3v) is 5.78. The van der Waals surface area contributed by atoms with Gasteiger partial charge in [-0.3, -0.25) is 19.7 Å². The molecule has 0 fully saturated rings. The lowest BCUT2D eigenvalue weighted by atomic mass is 9.94. The van der Waals surface area contributed by atoms with Gasteiger partial charge in [0.1, 0.15) is 0 Å². The average molecular weight is 450 g/mol. The van der Waals surface area contributed by atoms with Crippen molar-refractivity contribution >= 4 is 23.5 Å². The Balaban J connectivity index is 2.04. The van der Waals surface area contributed by atoms with E-state index in [1.165, 1.54) is 29.2 Å². The van der Waals surface area contributed by atoms with Crippen molar-refractivity contribution < 1.29 is 19.6 Å². The summed E-state index contributed by atoms with van der Waals surface area (Å²) in [5.41, 5.74) is 0.600. The van der Waals surface area contributed by atoms with Crippen LogP contribution in [0, 0.1) is 10.1 Å². The molecule has 1 unspecified atom stereocenters. The van der Waals surface area contributed by atoms with Gasteiger partial charge in [-0.1, -0.05) is 62.4 Å². The van der Waals surface area contributed by atoms with Gasteiger partial charge < -0.3 is 14.9 Å². The summed E-state index contributed by atoms with van der Waals surface area (Å²) in [4.78, 5) is 40.8. The fraction of sp³-hybridized carbons (Fsp3) is 0.280. The minimum atomic E-state index is -1.05. The van der Waals surface area contributed by atoms with Crippen LogP contribution in [0.25, 0.3) is 6.08 Å². The molecule has 2 aromatic rings. The molecular weight excluding hydrogens is 422 g/mol. The standard InChI is InChI=1S/C25H27N3O5/c1-3-26(4-2)16-17-27-23(19-12-8-9-13-20(19)28(32)33)22(24(30)25(27)31)21(29)15-14-18-10-6-5-7-11-18/h5-15,23,30H,3-4,16-17H2,1-2H3/b15-14+. The summed E-state index contributed by atoms with van der Waals surface area (Å²) >= 11 is 0. The number of hydrogen-bond donors (Lipinski definition) is 1. The maximum Gasteiger partial charge on any atom is 0.290 e. The van der Waals surface area contributed by atoms with Gasteiger partial charge in [-0.25, -0.2) is 0 Å². The third kappa shape index (κ3) is 5.18. The lowest BCUT2D eigenvalue weighted by Crippen LogP contribution is -2.38. The number of allylic oxidation sites excluding steroid dienone is 1. The second-order valence-corrected chi connectivity index (χ2v) is 7.61. The number of amides is 1. The number of nitrogens with zero attached hydrogens (tertiary/aromatic N) is 3. The molecule has 8 nitrogen and oxygen atoms in total. The van der Waals surface area contributed by atoms with Crippen LogP contribution in [-0.4, -0.2) is 57.7 Å². The van der Waals surface area contributed by atoms with E-state index in [-0.39, 0.29) is 23.4 Å². The fourth-order valence-electron chi connectivity index (χ4n) is 3.96. The number of rotatable bonds is 10. The van der Waals surface area contributed by atoms with Crippen LogP contribution in [-0.2, 0) is 9.59 Å². The van der Waals surface area contributed by atoms with Gasteiger partial charge in [0.2, 0.25) is 0 Å². The van der Waals surface area contributed by atoms with Crippen LogP contribution in [0.3, 0.4) is 0 Å². The Kier molecular flexibility index (Phi) is 7.74. The van der Waals surface area contributed by atoms with Gasteiger partial charge in [0.05, 0.1) is 22.1 Å². The molecule has 0 radical (unpaired) electrons. The molecule has 0 aromatic heterocycles. The lowest BCUT2D eigenvalue weighted by molar-refractivity contribution is -0.385. The molecule has 3 rings (SSSR count). The molecule has 1 N–H and O–H groups in total. The van der Waals surface area contributed by atoms with Crippen molar-refractivity contribution in [1.82, 2.24) is 9.80 Å². The molecule has 0 bridgehead atoms. The van der Waals surface area contributed by atoms with Crippen LogP contribution in [0.1, 0.15) is 31.0 Å². The molecule has 1 aliphatic heterocycles. The highest BCUT2D eigenvalue weighted by Gasteiger charge is 2.45. The summed E-state index contributed by atoms with van der Waals surface area (Å²) in [6, 6.07) is 14.1. The summed E-state index contributed by atoms with van der Waals surface area (Å²) in [7, 11) is 0. The number of para-hydroxylation sites is 1. The highest BCUT2D eigenvalue weighted by atomic mass is 16.6. The molecule has 172 valence electrons. The number of nitro groups is 1. The molecule has 0 aliphatic carbocycles. The molecule has 1 atom stereocenters. The van der Waals surface area contributed by atoms with Gasteiger partial charge in [-0.05, 0) is 30.8 Å². The smallest absolute Gasteiger partial charge is 0.290 e. The van der Waals surface area contributed by atoms with E-state index in [1.54, 1.807) is 12.1 Å². The van der Waals surface area contributed by atoms with Crippen molar-refractivity contribution in [2.24, 2.45) is 0 Å². The topological polar surface area (TPSA) is 104 Å². The van der Waals surface area contributed by atoms with Crippen LogP contribution in [0.5, 0.6) is 0 Å². The van der Waals surface area contributed by atoms with Crippen molar-refractivity contribution in [2.45, 2.75) is 19.9 Å². The zero-order valence-corrected chi connectivity index (χ0v) is 18.7. The molecule has 1 aliphatic rings. The van der Waals surface area contributed by atoms with Gasteiger partial charge in [0, 0.05) is 19.2 Å². The van der Waals surface area contributed by atoms with Crippen molar-refractivity contribution in [1.29, 1.82) is 0 Å². The number of benzene rings is 2. The van der Waals surface area contributed by atoms with Gasteiger partial charge >= 0.3 is 0 Å². The van der Waals surface area contributed by atoms with Crippen LogP contribution in [0.15, 0.2) is 72.0 Å². The van der Waals surface area contributed by atoms with E-state index in [0.717, 1.165) is 18.7 Å². The Bertz CT molecular complexity index is 1090. The van der Waals surface area contributed by atoms with E-state index in [9.17, 15) is 24.8 Å². The largest absolute Gasteiger partial charge is 0.503 e. The summed E-state index contributed by atoms with van der Waals surface area (Å²) < 4.78 is 0. The Morgan fingerprint density at radius 2 is 1.76 bits per heavy atom. The van der Waals surface area contributed by atoms with Crippen LogP contribution < -0.4 is 0 Å². The molecule has 0 saturated carbocycles. The second kappa shape index (κ2) is 10.7. The minimum absolute atomic E-state index is 0.152. The molecule has 2 aromatic carbocycles. The first-order valence-electron chi connectivity index (χ1n) is 10.9. The Morgan fingerprint density at radius 1 is 1.12 bits per heavy atom. The zero-order chi connectivity index (χ0) is 24.0. The average Bonchev–Trinajstić information content (AvgIpc) is 3.08. The second-order valence-electron chi connectivity index (χ2n) is 7.61. The van der Waals surface area contributed by atoms with Crippen molar-refractivity contribution in [3.05, 3.63) is 93.2 Å². The monoisotopic (exact) mass is 449 g/mol. The number of aliphatic hydroxyl groups excluding tert-OH is 1. The zero-order valence-electron chi connectivity index (χ0n) is 18.7. The first-order chi connectivity index (χ1) is 15.9. The van der Waals surface area contributed by atoms with Gasteiger partial charge in [-0.2, -0.15) is 0 Å². The molecule has 1 heterocycles. The molecule has 8 heteroatoms. The van der Waals surface area contributed by atoms with Gasteiger partial charge in [0.25, 0.3) is 11.6 Å². The highest BCUT2D eigenvalue weighted by Crippen LogP contribution is 2.41. The normalized spacial score (nSPS) is 16.3. The summed E-state index contributed by atoms with van der Waals surface area (Å²) in [5.74, 6) is -1.94. The number of carbonyl (C=O) groups is 2. The number of ketones is 1. The third-order valence-electron chi connectivity index (χ3n) is 5.78. The first-order valence-corrected chi connectivity index (χ1v) is 10.9. The Hall–Kier alpha value is -3.78. The van der Waals surface area contributed by atoms with Crippen LogP contribution in [0.2, 0.25) is 0 Å². The Labute approximate surface area is 192 Å². The number of nitro benzene ring substituents is 1. The van der Waals surface area contributed by atoms with Crippen LogP contribution in [0.4, 0.5) is 5.69 Å². The van der Waals surface area contributed by atoms with Gasteiger partial charge in [-0.15, -0.1) is 0 Å². The summed E-state index contributed by atoms with van der Waals surface area (Å²) in [6.07, 6.45) is 2.87. The van der Waals surface area contributed by atoms with E-state index in [1.807, 2.05) is 44.2 Å². The number of hydrogen-bond acceptors (Lipinski definition) is 6. The lowest BCUT2D eigenvalue weighted by Gasteiger charge is -2.29. The summed E-state index contributed by atoms with van der Waals surface area (Å²) in [6.45, 7) is 6.23. The van der Waals surface area contributed by atoms with Crippen LogP contribution >= 0.6 is 0 Å². The predicted molar refractivity (Wildman–Crippen MR) is 125 cm³/mol. The molecule has 0 spiro atoms. The number of aliphatic hydroxyl groups is 1. The minimum Gasteiger partial charge on any atom is -0.503 e. The fourth-order valence-corrected chi connectivity index (χ4v) is 3.96. The number of carbonyl (C=O) groups excluding carboxylic acids is 2. The SMILES string of the molecule is CCN(CC)CCN1C(=O)C(O)=C(C(=O)/C=C/c2ccccc2)C1c1ccccc1[N+](=O)[O-]. The molecular formula is C25H27N3O5. The van der Waals surface area contributed by atoms with E-state index >= 15 is 0 Å². The maximum atomic E-state index is 13.2. The van der Waals surface area contributed by atoms with E-state index < -0.39 is 28.4 Å². The number of likely N-dealkylation sites (N-methyl/N-ethyl adjacent to an activating group) is 1.